The second-order valence-electron chi connectivity index (χ2n) is 4.31. The lowest BCUT2D eigenvalue weighted by molar-refractivity contribution is 0.104. The van der Waals surface area contributed by atoms with E-state index >= 15 is 0 Å². The number of rotatable bonds is 4. The highest BCUT2D eigenvalue weighted by atomic mass is 32.2. The Hall–Kier alpha value is -1.73. The average molecular weight is 310 g/mol. The van der Waals surface area contributed by atoms with Gasteiger partial charge in [-0.15, -0.1) is 0 Å². The quantitative estimate of drug-likeness (QED) is 0.876. The van der Waals surface area contributed by atoms with Crippen LogP contribution in [0.1, 0.15) is 20.9 Å². The molecule has 0 bridgehead atoms. The summed E-state index contributed by atoms with van der Waals surface area (Å²) in [6.07, 6.45) is 1.14. The first kappa shape index (κ1) is 14.7. The van der Waals surface area contributed by atoms with E-state index < -0.39 is 9.84 Å². The zero-order valence-corrected chi connectivity index (χ0v) is 12.9. The molecule has 1 N–H and O–H groups in total. The molecular formula is C13H14N2O3S2. The highest BCUT2D eigenvalue weighted by Crippen LogP contribution is 2.25. The molecular weight excluding hydrogens is 296 g/mol. The van der Waals surface area contributed by atoms with Crippen LogP contribution in [0.4, 0.5) is 5.13 Å². The summed E-state index contributed by atoms with van der Waals surface area (Å²) in [7, 11) is -1.51. The molecule has 0 fully saturated rings. The van der Waals surface area contributed by atoms with Gasteiger partial charge in [0.25, 0.3) is 0 Å². The van der Waals surface area contributed by atoms with Gasteiger partial charge in [0.1, 0.15) is 0 Å². The molecule has 20 heavy (non-hydrogen) atoms. The average Bonchev–Trinajstić information content (AvgIpc) is 2.78. The van der Waals surface area contributed by atoms with Crippen molar-refractivity contribution in [2.24, 2.45) is 0 Å². The Labute approximate surface area is 121 Å². The Bertz CT molecular complexity index is 746. The van der Waals surface area contributed by atoms with Crippen molar-refractivity contribution in [3.05, 3.63) is 40.4 Å². The summed E-state index contributed by atoms with van der Waals surface area (Å²) in [5.74, 6) is -0.151. The number of aromatic nitrogens is 1. The number of carbonyl (C=O) groups excluding carboxylic acids is 1. The fourth-order valence-corrected chi connectivity index (χ4v) is 3.21. The van der Waals surface area contributed by atoms with Gasteiger partial charge in [0.2, 0.25) is 5.78 Å². The first-order valence-corrected chi connectivity index (χ1v) is 8.53. The molecule has 0 unspecified atom stereocenters. The number of nitrogens with zero attached hydrogens (tertiary/aromatic N) is 1. The van der Waals surface area contributed by atoms with Gasteiger partial charge < -0.3 is 5.32 Å². The number of sulfone groups is 1. The zero-order chi connectivity index (χ0) is 14.9. The molecule has 0 atom stereocenters. The normalized spacial score (nSPS) is 11.3. The van der Waals surface area contributed by atoms with Gasteiger partial charge in [-0.2, -0.15) is 0 Å². The summed E-state index contributed by atoms with van der Waals surface area (Å²) in [4.78, 5) is 17.3. The third-order valence-electron chi connectivity index (χ3n) is 2.76. The van der Waals surface area contributed by atoms with Gasteiger partial charge in [0.05, 0.1) is 15.5 Å². The van der Waals surface area contributed by atoms with Crippen molar-refractivity contribution in [1.29, 1.82) is 0 Å². The van der Waals surface area contributed by atoms with Gasteiger partial charge in [0, 0.05) is 18.9 Å². The fraction of sp³-hybridized carbons (Fsp3) is 0.231. The van der Waals surface area contributed by atoms with Crippen LogP contribution in [0.2, 0.25) is 0 Å². The van der Waals surface area contributed by atoms with E-state index in [1.807, 2.05) is 0 Å². The lowest BCUT2D eigenvalue weighted by Gasteiger charge is -2.01. The topological polar surface area (TPSA) is 76.1 Å². The van der Waals surface area contributed by atoms with Crippen LogP contribution in [0.25, 0.3) is 0 Å². The van der Waals surface area contributed by atoms with Crippen LogP contribution in [0, 0.1) is 6.92 Å². The van der Waals surface area contributed by atoms with Gasteiger partial charge >= 0.3 is 0 Å². The molecule has 1 heterocycles. The predicted octanol–water partition coefficient (Wildman–Crippen LogP) is 2.13. The Morgan fingerprint density at radius 2 is 1.85 bits per heavy atom. The number of carbonyl (C=O) groups is 1. The lowest BCUT2D eigenvalue weighted by atomic mass is 10.1. The van der Waals surface area contributed by atoms with Crippen molar-refractivity contribution in [2.45, 2.75) is 11.8 Å². The number of nitrogens with one attached hydrogen (secondary N) is 1. The Morgan fingerprint density at radius 1 is 1.25 bits per heavy atom. The first-order valence-electron chi connectivity index (χ1n) is 5.83. The molecule has 0 aliphatic rings. The molecule has 5 nitrogen and oxygen atoms in total. The second-order valence-corrected chi connectivity index (χ2v) is 7.32. The summed E-state index contributed by atoms with van der Waals surface area (Å²) in [6, 6.07) is 5.93. The van der Waals surface area contributed by atoms with E-state index in [1.54, 1.807) is 14.0 Å². The number of hydrogen-bond acceptors (Lipinski definition) is 6. The number of ketones is 1. The smallest absolute Gasteiger partial charge is 0.204 e. The largest absolute Gasteiger partial charge is 0.365 e. The van der Waals surface area contributed by atoms with E-state index in [0.717, 1.165) is 6.26 Å². The first-order chi connectivity index (χ1) is 9.32. The number of anilines is 1. The second kappa shape index (κ2) is 5.34. The van der Waals surface area contributed by atoms with Crippen molar-refractivity contribution in [1.82, 2.24) is 4.98 Å². The summed E-state index contributed by atoms with van der Waals surface area (Å²) >= 11 is 1.28. The van der Waals surface area contributed by atoms with E-state index in [1.165, 1.54) is 35.6 Å². The van der Waals surface area contributed by atoms with Crippen LogP contribution in [0.15, 0.2) is 29.2 Å². The van der Waals surface area contributed by atoms with E-state index in [0.29, 0.717) is 21.3 Å². The van der Waals surface area contributed by atoms with Crippen molar-refractivity contribution in [3.63, 3.8) is 0 Å². The number of aryl methyl sites for hydroxylation is 1. The van der Waals surface area contributed by atoms with Crippen molar-refractivity contribution in [2.75, 3.05) is 18.6 Å². The SMILES string of the molecule is CNc1nc(C)c(C(=O)c2ccc(S(C)(=O)=O)cc2)s1. The van der Waals surface area contributed by atoms with E-state index in [9.17, 15) is 13.2 Å². The summed E-state index contributed by atoms with van der Waals surface area (Å²) < 4.78 is 22.8. The molecule has 1 aromatic heterocycles. The highest BCUT2D eigenvalue weighted by Gasteiger charge is 2.17. The van der Waals surface area contributed by atoms with E-state index in [2.05, 4.69) is 10.3 Å². The van der Waals surface area contributed by atoms with Crippen molar-refractivity contribution in [3.8, 4) is 0 Å². The Kier molecular flexibility index (Phi) is 3.92. The predicted molar refractivity (Wildman–Crippen MR) is 79.4 cm³/mol. The van der Waals surface area contributed by atoms with E-state index in [-0.39, 0.29) is 10.7 Å². The van der Waals surface area contributed by atoms with Crippen molar-refractivity contribution >= 4 is 32.1 Å². The number of benzene rings is 1. The molecule has 1 aromatic carbocycles. The molecule has 0 radical (unpaired) electrons. The maximum absolute atomic E-state index is 12.4. The third-order valence-corrected chi connectivity index (χ3v) is 5.06. The molecule has 2 rings (SSSR count). The summed E-state index contributed by atoms with van der Waals surface area (Å²) in [5.41, 5.74) is 1.11. The number of thiazole rings is 1. The highest BCUT2D eigenvalue weighted by molar-refractivity contribution is 7.90. The van der Waals surface area contributed by atoms with Crippen LogP contribution in [-0.4, -0.2) is 32.5 Å². The third kappa shape index (κ3) is 2.88. The van der Waals surface area contributed by atoms with Gasteiger partial charge in [0.15, 0.2) is 15.0 Å². The maximum atomic E-state index is 12.4. The lowest BCUT2D eigenvalue weighted by Crippen LogP contribution is -2.02. The van der Waals surface area contributed by atoms with Gasteiger partial charge in [-0.3, -0.25) is 4.79 Å². The van der Waals surface area contributed by atoms with Crippen LogP contribution in [0.3, 0.4) is 0 Å². The van der Waals surface area contributed by atoms with Crippen LogP contribution >= 0.6 is 11.3 Å². The van der Waals surface area contributed by atoms with Gasteiger partial charge in [-0.1, -0.05) is 11.3 Å². The van der Waals surface area contributed by atoms with Gasteiger partial charge in [-0.05, 0) is 31.2 Å². The maximum Gasteiger partial charge on any atom is 0.204 e. The molecule has 0 aliphatic heterocycles. The molecule has 0 saturated heterocycles. The standard InChI is InChI=1S/C13H14N2O3S2/c1-8-12(19-13(14-2)15-8)11(16)9-4-6-10(7-5-9)20(3,17)18/h4-7H,1-3H3,(H,14,15). The minimum atomic E-state index is -3.25. The molecule has 0 spiro atoms. The number of hydrogen-bond donors (Lipinski definition) is 1. The Balaban J connectivity index is 2.36. The minimum Gasteiger partial charge on any atom is -0.365 e. The van der Waals surface area contributed by atoms with Gasteiger partial charge in [-0.25, -0.2) is 13.4 Å². The molecule has 106 valence electrons. The molecule has 0 amide bonds. The summed E-state index contributed by atoms with van der Waals surface area (Å²) in [6.45, 7) is 1.77. The minimum absolute atomic E-state index is 0.151. The molecule has 0 aliphatic carbocycles. The molecule has 0 saturated carbocycles. The monoisotopic (exact) mass is 310 g/mol. The fourth-order valence-electron chi connectivity index (χ4n) is 1.70. The van der Waals surface area contributed by atoms with Crippen LogP contribution < -0.4 is 5.32 Å². The van der Waals surface area contributed by atoms with Crippen LogP contribution in [0.5, 0.6) is 0 Å². The Morgan fingerprint density at radius 3 is 2.30 bits per heavy atom. The molecule has 2 aromatic rings. The zero-order valence-electron chi connectivity index (χ0n) is 11.3. The molecule has 7 heteroatoms. The van der Waals surface area contributed by atoms with Crippen molar-refractivity contribution < 1.29 is 13.2 Å². The van der Waals surface area contributed by atoms with Crippen LogP contribution in [-0.2, 0) is 9.84 Å². The summed E-state index contributed by atoms with van der Waals surface area (Å²) in [5, 5.41) is 3.58. The van der Waals surface area contributed by atoms with E-state index in [4.69, 9.17) is 0 Å².